The monoisotopic (exact) mass is 282 g/mol. The lowest BCUT2D eigenvalue weighted by Crippen LogP contribution is -2.02. The molecule has 0 aliphatic rings. The molecule has 1 heterocycles. The van der Waals surface area contributed by atoms with Crippen LogP contribution in [0.15, 0.2) is 42.7 Å². The van der Waals surface area contributed by atoms with Gasteiger partial charge in [-0.25, -0.2) is 4.98 Å². The summed E-state index contributed by atoms with van der Waals surface area (Å²) in [6.45, 7) is 2.06. The summed E-state index contributed by atoms with van der Waals surface area (Å²) in [6.07, 6.45) is 1.33. The number of fused-ring (bicyclic) bond motifs is 1. The van der Waals surface area contributed by atoms with Crippen molar-refractivity contribution in [3.63, 3.8) is 0 Å². The van der Waals surface area contributed by atoms with Gasteiger partial charge in [0.15, 0.2) is 5.82 Å². The first-order valence-electron chi connectivity index (χ1n) is 6.19. The number of benzene rings is 2. The minimum atomic E-state index is 0. The number of rotatable bonds is 2. The first kappa shape index (κ1) is 14.6. The van der Waals surface area contributed by atoms with E-state index in [1.165, 1.54) is 11.9 Å². The molecule has 5 heteroatoms. The number of aromatic nitrogens is 2. The van der Waals surface area contributed by atoms with Gasteiger partial charge in [0.2, 0.25) is 5.88 Å². The minimum Gasteiger partial charge on any atom is -0.436 e. The molecule has 2 aromatic carbocycles. The molecule has 108 valence electrons. The van der Waals surface area contributed by atoms with Gasteiger partial charge in [0, 0.05) is 5.39 Å². The van der Waals surface area contributed by atoms with Crippen LogP contribution in [-0.2, 0) is 0 Å². The highest BCUT2D eigenvalue weighted by atomic mass is 16.5. The van der Waals surface area contributed by atoms with Gasteiger partial charge in [-0.15, -0.1) is 0 Å². The van der Waals surface area contributed by atoms with Crippen LogP contribution >= 0.6 is 0 Å². The van der Waals surface area contributed by atoms with Gasteiger partial charge in [0.1, 0.15) is 17.8 Å². The van der Waals surface area contributed by atoms with Gasteiger partial charge < -0.3 is 16.2 Å². The molecule has 0 atom stereocenters. The summed E-state index contributed by atoms with van der Waals surface area (Å²) in [4.78, 5) is 7.84. The van der Waals surface area contributed by atoms with Crippen LogP contribution in [0.5, 0.6) is 11.6 Å². The van der Waals surface area contributed by atoms with E-state index in [0.29, 0.717) is 5.75 Å². The Morgan fingerprint density at radius 3 is 2.43 bits per heavy atom. The molecule has 4 N–H and O–H groups in total. The summed E-state index contributed by atoms with van der Waals surface area (Å²) >= 11 is 0. The summed E-state index contributed by atoms with van der Waals surface area (Å²) in [6, 6.07) is 11.9. The van der Waals surface area contributed by atoms with Crippen molar-refractivity contribution in [2.75, 3.05) is 11.5 Å². The van der Waals surface area contributed by atoms with E-state index in [2.05, 4.69) is 23.0 Å². The predicted octanol–water partition coefficient (Wildman–Crippen LogP) is 3.53. The molecular formula is C16H18N4O. The zero-order valence-corrected chi connectivity index (χ0v) is 11.0. The fourth-order valence-corrected chi connectivity index (χ4v) is 2.09. The molecule has 0 saturated heterocycles. The number of nitrogens with two attached hydrogens (primary N) is 2. The summed E-state index contributed by atoms with van der Waals surface area (Å²) in [7, 11) is 0. The van der Waals surface area contributed by atoms with Crippen LogP contribution in [-0.4, -0.2) is 9.97 Å². The van der Waals surface area contributed by atoms with E-state index in [0.717, 1.165) is 10.8 Å². The van der Waals surface area contributed by atoms with E-state index in [1.54, 1.807) is 0 Å². The van der Waals surface area contributed by atoms with Gasteiger partial charge in [0.05, 0.1) is 0 Å². The van der Waals surface area contributed by atoms with Crippen LogP contribution < -0.4 is 16.2 Å². The standard InChI is InChI=1S/C15H14N4O.CH4/c1-9-6-7-12(11-5-3-2-4-10(9)11)20-15-13(16)14(17)18-8-19-15;/h2-8H,16H2,1H3,(H2,17,18,19);1H4. The average molecular weight is 282 g/mol. The maximum absolute atomic E-state index is 5.83. The highest BCUT2D eigenvalue weighted by molar-refractivity contribution is 5.91. The lowest BCUT2D eigenvalue weighted by molar-refractivity contribution is 0.470. The molecule has 0 amide bonds. The van der Waals surface area contributed by atoms with Crippen LogP contribution in [0.25, 0.3) is 10.8 Å². The van der Waals surface area contributed by atoms with Gasteiger partial charge in [-0.05, 0) is 23.9 Å². The topological polar surface area (TPSA) is 87.0 Å². The largest absolute Gasteiger partial charge is 0.436 e. The van der Waals surface area contributed by atoms with Crippen LogP contribution in [0.2, 0.25) is 0 Å². The molecule has 0 unspecified atom stereocenters. The Bertz CT molecular complexity index is 786. The van der Waals surface area contributed by atoms with Gasteiger partial charge in [-0.2, -0.15) is 4.98 Å². The van der Waals surface area contributed by atoms with Crippen molar-refractivity contribution >= 4 is 22.3 Å². The Morgan fingerprint density at radius 2 is 1.67 bits per heavy atom. The second-order valence-corrected chi connectivity index (χ2v) is 4.51. The van der Waals surface area contributed by atoms with E-state index < -0.39 is 0 Å². The first-order valence-corrected chi connectivity index (χ1v) is 6.19. The molecule has 1 aromatic heterocycles. The molecule has 21 heavy (non-hydrogen) atoms. The Hall–Kier alpha value is -2.82. The number of anilines is 2. The Kier molecular flexibility index (Phi) is 3.93. The van der Waals surface area contributed by atoms with Crippen molar-refractivity contribution in [3.05, 3.63) is 48.3 Å². The van der Waals surface area contributed by atoms with E-state index in [-0.39, 0.29) is 24.8 Å². The third-order valence-corrected chi connectivity index (χ3v) is 3.19. The SMILES string of the molecule is C.Cc1ccc(Oc2ncnc(N)c2N)c2ccccc12. The first-order chi connectivity index (χ1) is 9.66. The Balaban J connectivity index is 0.00000161. The van der Waals surface area contributed by atoms with Crippen molar-refractivity contribution in [3.8, 4) is 11.6 Å². The zero-order chi connectivity index (χ0) is 14.1. The molecular weight excluding hydrogens is 264 g/mol. The molecule has 3 aromatic rings. The van der Waals surface area contributed by atoms with Crippen molar-refractivity contribution in [2.45, 2.75) is 14.4 Å². The average Bonchev–Trinajstić information content (AvgIpc) is 2.47. The highest BCUT2D eigenvalue weighted by Gasteiger charge is 2.10. The summed E-state index contributed by atoms with van der Waals surface area (Å²) in [5, 5.41) is 2.13. The number of aryl methyl sites for hydroxylation is 1. The van der Waals surface area contributed by atoms with Crippen molar-refractivity contribution in [1.29, 1.82) is 0 Å². The summed E-state index contributed by atoms with van der Waals surface area (Å²) in [5.41, 5.74) is 12.9. The summed E-state index contributed by atoms with van der Waals surface area (Å²) in [5.74, 6) is 1.17. The predicted molar refractivity (Wildman–Crippen MR) is 86.3 cm³/mol. The molecule has 0 saturated carbocycles. The van der Waals surface area contributed by atoms with Gasteiger partial charge >= 0.3 is 0 Å². The van der Waals surface area contributed by atoms with E-state index in [1.807, 2.05) is 30.3 Å². The number of nitrogens with zero attached hydrogens (tertiary/aromatic N) is 2. The molecule has 0 spiro atoms. The smallest absolute Gasteiger partial charge is 0.248 e. The molecule has 5 nitrogen and oxygen atoms in total. The molecule has 0 bridgehead atoms. The highest BCUT2D eigenvalue weighted by Crippen LogP contribution is 2.33. The molecule has 3 rings (SSSR count). The number of hydrogen-bond donors (Lipinski definition) is 2. The normalized spacial score (nSPS) is 10.1. The molecule has 0 radical (unpaired) electrons. The lowest BCUT2D eigenvalue weighted by atomic mass is 10.1. The molecule has 0 fully saturated rings. The van der Waals surface area contributed by atoms with Gasteiger partial charge in [-0.3, -0.25) is 0 Å². The van der Waals surface area contributed by atoms with Crippen LogP contribution in [0.3, 0.4) is 0 Å². The lowest BCUT2D eigenvalue weighted by Gasteiger charge is -2.11. The summed E-state index contributed by atoms with van der Waals surface area (Å²) < 4.78 is 5.80. The Labute approximate surface area is 123 Å². The number of hydrogen-bond acceptors (Lipinski definition) is 5. The van der Waals surface area contributed by atoms with E-state index in [9.17, 15) is 0 Å². The number of ether oxygens (including phenoxy) is 1. The third kappa shape index (κ3) is 2.58. The number of nitrogen functional groups attached to an aromatic ring is 2. The van der Waals surface area contributed by atoms with Crippen molar-refractivity contribution < 1.29 is 4.74 Å². The van der Waals surface area contributed by atoms with Gasteiger partial charge in [0.25, 0.3) is 0 Å². The van der Waals surface area contributed by atoms with Crippen LogP contribution in [0.1, 0.15) is 13.0 Å². The molecule has 0 aliphatic carbocycles. The van der Waals surface area contributed by atoms with Gasteiger partial charge in [-0.1, -0.05) is 37.8 Å². The maximum Gasteiger partial charge on any atom is 0.248 e. The Morgan fingerprint density at radius 1 is 0.952 bits per heavy atom. The third-order valence-electron chi connectivity index (χ3n) is 3.19. The second kappa shape index (κ2) is 5.66. The zero-order valence-electron chi connectivity index (χ0n) is 11.0. The minimum absolute atomic E-state index is 0. The van der Waals surface area contributed by atoms with E-state index in [4.69, 9.17) is 16.2 Å². The van der Waals surface area contributed by atoms with E-state index >= 15 is 0 Å². The van der Waals surface area contributed by atoms with Crippen LogP contribution in [0.4, 0.5) is 11.5 Å². The quantitative estimate of drug-likeness (QED) is 0.750. The van der Waals surface area contributed by atoms with Crippen LogP contribution in [0, 0.1) is 6.92 Å². The second-order valence-electron chi connectivity index (χ2n) is 4.51. The van der Waals surface area contributed by atoms with Crippen molar-refractivity contribution in [1.82, 2.24) is 9.97 Å². The van der Waals surface area contributed by atoms with Crippen molar-refractivity contribution in [2.24, 2.45) is 0 Å². The fourth-order valence-electron chi connectivity index (χ4n) is 2.09. The molecule has 0 aliphatic heterocycles. The maximum atomic E-state index is 5.83. The fraction of sp³-hybridized carbons (Fsp3) is 0.125.